The fourth-order valence-electron chi connectivity index (χ4n) is 13.5. The lowest BCUT2D eigenvalue weighted by Gasteiger charge is -2.35. The zero-order chi connectivity index (χ0) is 46.5. The summed E-state index contributed by atoms with van der Waals surface area (Å²) in [6.07, 6.45) is 13.1. The van der Waals surface area contributed by atoms with Gasteiger partial charge in [0, 0.05) is 60.5 Å². The summed E-state index contributed by atoms with van der Waals surface area (Å²) in [4.78, 5) is 10.8. The van der Waals surface area contributed by atoms with Gasteiger partial charge in [-0.25, -0.2) is 9.97 Å². The maximum Gasteiger partial charge on any atom is 0.252 e. The summed E-state index contributed by atoms with van der Waals surface area (Å²) in [5.74, 6) is 1.91. The van der Waals surface area contributed by atoms with Crippen LogP contribution in [0.15, 0.2) is 127 Å². The van der Waals surface area contributed by atoms with Gasteiger partial charge in [-0.3, -0.25) is 0 Å². The van der Waals surface area contributed by atoms with Crippen LogP contribution in [0.2, 0.25) is 0 Å². The molecule has 7 aromatic carbocycles. The van der Waals surface area contributed by atoms with Gasteiger partial charge in [0.25, 0.3) is 6.71 Å². The summed E-state index contributed by atoms with van der Waals surface area (Å²) < 4.78 is 5.38. The van der Waals surface area contributed by atoms with Crippen molar-refractivity contribution in [1.82, 2.24) is 19.1 Å². The van der Waals surface area contributed by atoms with E-state index in [1.54, 1.807) is 11.1 Å². The molecule has 5 heteroatoms. The molecule has 3 aromatic heterocycles. The summed E-state index contributed by atoms with van der Waals surface area (Å²) in [7, 11) is 0. The minimum absolute atomic E-state index is 0.0173. The Bertz CT molecular complexity index is 3590. The molecule has 340 valence electrons. The first-order valence-electron chi connectivity index (χ1n) is 26.2. The van der Waals surface area contributed by atoms with Crippen LogP contribution in [0.4, 0.5) is 0 Å². The number of hydrogen-bond acceptors (Lipinski definition) is 2. The summed E-state index contributed by atoms with van der Waals surface area (Å²) in [6.45, 7) is 14.2. The quantitative estimate of drug-likeness (QED) is 0.165. The van der Waals surface area contributed by atoms with Crippen LogP contribution in [0.1, 0.15) is 140 Å². The standard InChI is InChI=1S/C64H61BN4/c1-63(2,3)44-26-28-54-47(36-44)49-30-41(38-18-10-7-11-19-38)32-51-60(49)68(54)56-34-43(59-46-24-16-17-25-53(46)66-62(67-59)40-22-14-9-15-23-40)35-57-58(56)65(51)52-33-42(39-20-12-8-13-21-39)31-50-48-37-45(64(4,5)6)27-29-55(48)69(57)61(50)52/h9,14-17,22-39H,7-8,10-13,18-21H2,1-6H3. The highest BCUT2D eigenvalue weighted by atomic mass is 15.0. The molecule has 2 fully saturated rings. The van der Waals surface area contributed by atoms with Crippen LogP contribution >= 0.6 is 0 Å². The molecule has 10 aromatic rings. The molecule has 4 nitrogen and oxygen atoms in total. The molecular weight excluding hydrogens is 836 g/mol. The van der Waals surface area contributed by atoms with E-state index in [1.165, 1.54) is 147 Å². The first kappa shape index (κ1) is 41.5. The summed E-state index contributed by atoms with van der Waals surface area (Å²) in [6, 6.07) is 49.6. The van der Waals surface area contributed by atoms with Crippen molar-refractivity contribution in [2.45, 2.75) is 128 Å². The second-order valence-corrected chi connectivity index (χ2v) is 23.5. The van der Waals surface area contributed by atoms with Crippen LogP contribution in [-0.4, -0.2) is 25.8 Å². The van der Waals surface area contributed by atoms with Crippen molar-refractivity contribution >= 4 is 77.6 Å². The molecule has 14 rings (SSSR count). The van der Waals surface area contributed by atoms with Gasteiger partial charge >= 0.3 is 0 Å². The lowest BCUT2D eigenvalue weighted by atomic mass is 9.34. The Hall–Kier alpha value is -6.46. The maximum absolute atomic E-state index is 5.56. The molecule has 0 radical (unpaired) electrons. The minimum atomic E-state index is 0.0173. The lowest BCUT2D eigenvalue weighted by Crippen LogP contribution is -2.59. The van der Waals surface area contributed by atoms with Crippen LogP contribution in [0.5, 0.6) is 0 Å². The first-order chi connectivity index (χ1) is 33.5. The molecule has 5 heterocycles. The van der Waals surface area contributed by atoms with Gasteiger partial charge in [0.05, 0.1) is 22.2 Å². The Morgan fingerprint density at radius 3 is 1.49 bits per heavy atom. The predicted octanol–water partition coefficient (Wildman–Crippen LogP) is 15.0. The van der Waals surface area contributed by atoms with Crippen LogP contribution < -0.4 is 16.4 Å². The average molecular weight is 897 g/mol. The van der Waals surface area contributed by atoms with Crippen LogP contribution in [-0.2, 0) is 10.8 Å². The Labute approximate surface area is 406 Å². The van der Waals surface area contributed by atoms with Gasteiger partial charge in [0.15, 0.2) is 5.82 Å². The van der Waals surface area contributed by atoms with E-state index in [2.05, 4.69) is 178 Å². The Morgan fingerprint density at radius 2 is 0.971 bits per heavy atom. The number of aromatic nitrogens is 4. The Balaban J connectivity index is 1.16. The summed E-state index contributed by atoms with van der Waals surface area (Å²) >= 11 is 0. The number of rotatable bonds is 4. The van der Waals surface area contributed by atoms with Crippen molar-refractivity contribution in [3.05, 3.63) is 150 Å². The molecule has 0 spiro atoms. The van der Waals surface area contributed by atoms with Crippen molar-refractivity contribution < 1.29 is 0 Å². The van der Waals surface area contributed by atoms with Gasteiger partial charge in [0.1, 0.15) is 0 Å². The van der Waals surface area contributed by atoms with E-state index in [0.717, 1.165) is 33.5 Å². The van der Waals surface area contributed by atoms with E-state index in [0.29, 0.717) is 11.8 Å². The normalized spacial score (nSPS) is 16.4. The molecule has 0 unspecified atom stereocenters. The number of para-hydroxylation sites is 1. The fourth-order valence-corrected chi connectivity index (χ4v) is 13.5. The monoisotopic (exact) mass is 896 g/mol. The van der Waals surface area contributed by atoms with E-state index in [4.69, 9.17) is 9.97 Å². The van der Waals surface area contributed by atoms with E-state index in [9.17, 15) is 0 Å². The van der Waals surface area contributed by atoms with Crippen LogP contribution in [0.3, 0.4) is 0 Å². The van der Waals surface area contributed by atoms with E-state index >= 15 is 0 Å². The third-order valence-corrected chi connectivity index (χ3v) is 17.1. The number of fused-ring (bicyclic) bond motifs is 11. The van der Waals surface area contributed by atoms with Crippen LogP contribution in [0.25, 0.3) is 88.5 Å². The predicted molar refractivity (Wildman–Crippen MR) is 293 cm³/mol. The molecule has 0 bridgehead atoms. The molecule has 0 saturated heterocycles. The topological polar surface area (TPSA) is 35.6 Å². The van der Waals surface area contributed by atoms with Gasteiger partial charge in [-0.05, 0) is 142 Å². The van der Waals surface area contributed by atoms with Crippen molar-refractivity contribution in [3.63, 3.8) is 0 Å². The molecule has 0 N–H and O–H groups in total. The van der Waals surface area contributed by atoms with Crippen molar-refractivity contribution in [2.24, 2.45) is 0 Å². The lowest BCUT2D eigenvalue weighted by molar-refractivity contribution is 0.444. The van der Waals surface area contributed by atoms with Crippen molar-refractivity contribution in [3.8, 4) is 34.0 Å². The number of nitrogens with zero attached hydrogens (tertiary/aromatic N) is 4. The van der Waals surface area contributed by atoms with Gasteiger partial charge in [0.2, 0.25) is 0 Å². The van der Waals surface area contributed by atoms with E-state index < -0.39 is 0 Å². The fraction of sp³-hybridized carbons (Fsp3) is 0.312. The van der Waals surface area contributed by atoms with Gasteiger partial charge in [-0.1, -0.05) is 153 Å². The first-order valence-corrected chi connectivity index (χ1v) is 26.2. The zero-order valence-corrected chi connectivity index (χ0v) is 41.2. The van der Waals surface area contributed by atoms with Gasteiger partial charge in [-0.2, -0.15) is 0 Å². The number of benzene rings is 7. The van der Waals surface area contributed by atoms with Crippen LogP contribution in [0, 0.1) is 0 Å². The summed E-state index contributed by atoms with van der Waals surface area (Å²) in [5.41, 5.74) is 22.2. The highest BCUT2D eigenvalue weighted by Crippen LogP contribution is 2.46. The third kappa shape index (κ3) is 6.27. The third-order valence-electron chi connectivity index (χ3n) is 17.1. The second kappa shape index (κ2) is 15.0. The van der Waals surface area contributed by atoms with Crippen molar-refractivity contribution in [1.29, 1.82) is 0 Å². The highest BCUT2D eigenvalue weighted by molar-refractivity contribution is 7.00. The Kier molecular flexibility index (Phi) is 9.04. The minimum Gasteiger partial charge on any atom is -0.310 e. The Morgan fingerprint density at radius 1 is 0.464 bits per heavy atom. The number of hydrogen-bond donors (Lipinski definition) is 0. The molecule has 0 amide bonds. The molecule has 2 aliphatic heterocycles. The average Bonchev–Trinajstić information content (AvgIpc) is 3.89. The largest absolute Gasteiger partial charge is 0.310 e. The molecule has 69 heavy (non-hydrogen) atoms. The van der Waals surface area contributed by atoms with E-state index in [-0.39, 0.29) is 17.5 Å². The maximum atomic E-state index is 5.56. The SMILES string of the molecule is CC(C)(C)c1ccc2c(c1)c1cc(C3CCCCC3)cc3c1n2-c1cc(-c2nc(-c4ccccc4)nc4ccccc24)cc2c1B3c1cc(C3CCCCC3)cc3c4cc(C(C)(C)C)ccc4n-2c13. The smallest absolute Gasteiger partial charge is 0.252 e. The second-order valence-electron chi connectivity index (χ2n) is 23.5. The molecular formula is C64H61BN4. The highest BCUT2D eigenvalue weighted by Gasteiger charge is 2.43. The summed E-state index contributed by atoms with van der Waals surface area (Å²) in [5, 5.41) is 6.62. The van der Waals surface area contributed by atoms with Gasteiger partial charge in [-0.15, -0.1) is 0 Å². The van der Waals surface area contributed by atoms with Gasteiger partial charge < -0.3 is 9.13 Å². The zero-order valence-electron chi connectivity index (χ0n) is 41.2. The molecule has 4 aliphatic rings. The van der Waals surface area contributed by atoms with E-state index in [1.807, 2.05) is 0 Å². The molecule has 2 aliphatic carbocycles. The molecule has 2 saturated carbocycles. The van der Waals surface area contributed by atoms with Crippen molar-refractivity contribution in [2.75, 3.05) is 0 Å². The molecule has 0 atom stereocenters.